The van der Waals surface area contributed by atoms with Crippen molar-refractivity contribution in [2.45, 2.75) is 5.03 Å². The van der Waals surface area contributed by atoms with Crippen LogP contribution in [-0.4, -0.2) is 30.0 Å². The summed E-state index contributed by atoms with van der Waals surface area (Å²) in [7, 11) is 0. The van der Waals surface area contributed by atoms with E-state index in [1.54, 1.807) is 24.3 Å². The monoisotopic (exact) mass is 327 g/mol. The predicted octanol–water partition coefficient (Wildman–Crippen LogP) is 2.23. The largest absolute Gasteiger partial charge is 0.454 e. The molecular weight excluding hydrogens is 314 g/mol. The molecule has 2 heterocycles. The number of benzene rings is 1. The van der Waals surface area contributed by atoms with Gasteiger partial charge in [0.05, 0.1) is 16.8 Å². The molecule has 7 heteroatoms. The first kappa shape index (κ1) is 15.2. The lowest BCUT2D eigenvalue weighted by molar-refractivity contribution is -0.118. The van der Waals surface area contributed by atoms with Gasteiger partial charge in [-0.25, -0.2) is 4.98 Å². The van der Waals surface area contributed by atoms with Crippen molar-refractivity contribution in [1.82, 2.24) is 10.3 Å². The number of fused-ring (bicyclic) bond motifs is 2. The molecular formula is C16H13N3O3S. The number of nitriles is 1. The van der Waals surface area contributed by atoms with Gasteiger partial charge in [-0.3, -0.25) is 4.79 Å². The second kappa shape index (κ2) is 6.58. The van der Waals surface area contributed by atoms with Gasteiger partial charge in [0, 0.05) is 18.0 Å². The summed E-state index contributed by atoms with van der Waals surface area (Å²) in [5.74, 6) is 1.33. The number of thioether (sulfide) groups is 1. The third-order valence-corrected chi connectivity index (χ3v) is 4.17. The average molecular weight is 327 g/mol. The Labute approximate surface area is 137 Å². The van der Waals surface area contributed by atoms with Crippen LogP contribution >= 0.6 is 11.8 Å². The molecule has 3 rings (SSSR count). The minimum absolute atomic E-state index is 0.133. The number of pyridine rings is 1. The van der Waals surface area contributed by atoms with Gasteiger partial charge in [-0.1, -0.05) is 17.8 Å². The molecule has 23 heavy (non-hydrogen) atoms. The summed E-state index contributed by atoms with van der Waals surface area (Å²) in [5.41, 5.74) is 1.13. The molecule has 0 bridgehead atoms. The van der Waals surface area contributed by atoms with E-state index in [0.29, 0.717) is 34.1 Å². The summed E-state index contributed by atoms with van der Waals surface area (Å²) < 4.78 is 10.7. The van der Waals surface area contributed by atoms with Crippen LogP contribution in [0.2, 0.25) is 0 Å². The summed E-state index contributed by atoms with van der Waals surface area (Å²) in [4.78, 5) is 16.1. The van der Waals surface area contributed by atoms with Gasteiger partial charge < -0.3 is 14.8 Å². The van der Waals surface area contributed by atoms with E-state index in [-0.39, 0.29) is 18.5 Å². The van der Waals surface area contributed by atoms with E-state index >= 15 is 0 Å². The highest BCUT2D eigenvalue weighted by atomic mass is 32.2. The highest BCUT2D eigenvalue weighted by molar-refractivity contribution is 8.00. The fraction of sp³-hybridized carbons (Fsp3) is 0.188. The first-order chi connectivity index (χ1) is 11.2. The predicted molar refractivity (Wildman–Crippen MR) is 86.5 cm³/mol. The smallest absolute Gasteiger partial charge is 0.231 e. The molecule has 6 nitrogen and oxygen atoms in total. The van der Waals surface area contributed by atoms with Crippen molar-refractivity contribution >= 4 is 28.6 Å². The molecule has 0 saturated carbocycles. The van der Waals surface area contributed by atoms with Crippen LogP contribution in [0.5, 0.6) is 11.5 Å². The molecule has 1 amide bonds. The van der Waals surface area contributed by atoms with E-state index in [9.17, 15) is 10.1 Å². The van der Waals surface area contributed by atoms with Gasteiger partial charge in [0.1, 0.15) is 11.1 Å². The molecule has 1 aromatic carbocycles. The maximum absolute atomic E-state index is 11.7. The number of hydrogen-bond donors (Lipinski definition) is 1. The fourth-order valence-corrected chi connectivity index (χ4v) is 2.90. The zero-order valence-corrected chi connectivity index (χ0v) is 13.0. The molecule has 0 atom stereocenters. The summed E-state index contributed by atoms with van der Waals surface area (Å²) in [5, 5.41) is 13.3. The molecule has 0 unspecified atom stereocenters. The molecule has 0 saturated heterocycles. The Morgan fingerprint density at radius 2 is 2.22 bits per heavy atom. The van der Waals surface area contributed by atoms with Crippen molar-refractivity contribution < 1.29 is 14.3 Å². The zero-order chi connectivity index (χ0) is 16.2. The minimum Gasteiger partial charge on any atom is -0.454 e. The molecule has 1 N–H and O–H groups in total. The number of amides is 1. The highest BCUT2D eigenvalue weighted by Gasteiger charge is 2.17. The summed E-state index contributed by atoms with van der Waals surface area (Å²) in [6.45, 7) is 4.14. The number of hydrogen-bond acceptors (Lipinski definition) is 6. The Morgan fingerprint density at radius 1 is 1.43 bits per heavy atom. The van der Waals surface area contributed by atoms with Crippen molar-refractivity contribution in [1.29, 1.82) is 5.26 Å². The van der Waals surface area contributed by atoms with Crippen LogP contribution in [0.25, 0.3) is 10.9 Å². The molecule has 0 spiro atoms. The SMILES string of the molecule is C=CCNC(=O)CSc1nc2cc3c(cc2cc1C#N)OCO3. The molecule has 0 radical (unpaired) electrons. The maximum atomic E-state index is 11.7. The first-order valence-corrected chi connectivity index (χ1v) is 7.84. The van der Waals surface area contributed by atoms with Crippen LogP contribution < -0.4 is 14.8 Å². The minimum atomic E-state index is -0.133. The fourth-order valence-electron chi connectivity index (χ4n) is 2.11. The number of ether oxygens (including phenoxy) is 2. The first-order valence-electron chi connectivity index (χ1n) is 6.86. The van der Waals surface area contributed by atoms with Crippen molar-refractivity contribution in [3.8, 4) is 17.6 Å². The van der Waals surface area contributed by atoms with E-state index in [1.807, 2.05) is 0 Å². The zero-order valence-electron chi connectivity index (χ0n) is 12.2. The summed E-state index contributed by atoms with van der Waals surface area (Å²) in [6.07, 6.45) is 1.61. The maximum Gasteiger partial charge on any atom is 0.231 e. The second-order valence-electron chi connectivity index (χ2n) is 4.73. The third-order valence-electron chi connectivity index (χ3n) is 3.18. The van der Waals surface area contributed by atoms with Gasteiger partial charge >= 0.3 is 0 Å². The standard InChI is InChI=1S/C16H13N3O3S/c1-2-3-18-15(20)8-23-16-11(7-17)4-10-5-13-14(22-9-21-13)6-12(10)19-16/h2,4-6H,1,3,8-9H2,(H,18,20). The number of nitrogens with one attached hydrogen (secondary N) is 1. The number of carbonyl (C=O) groups excluding carboxylic acids is 1. The molecule has 1 aliphatic heterocycles. The van der Waals surface area contributed by atoms with Crippen LogP contribution in [0.3, 0.4) is 0 Å². The van der Waals surface area contributed by atoms with Crippen molar-refractivity contribution in [3.63, 3.8) is 0 Å². The topological polar surface area (TPSA) is 84.2 Å². The van der Waals surface area contributed by atoms with E-state index in [4.69, 9.17) is 9.47 Å². The Kier molecular flexibility index (Phi) is 4.35. The number of carbonyl (C=O) groups is 1. The van der Waals surface area contributed by atoms with Crippen molar-refractivity contribution in [2.75, 3.05) is 19.1 Å². The van der Waals surface area contributed by atoms with Gasteiger partial charge in [-0.05, 0) is 12.1 Å². The second-order valence-corrected chi connectivity index (χ2v) is 5.70. The normalized spacial score (nSPS) is 12.0. The molecule has 0 fully saturated rings. The van der Waals surface area contributed by atoms with Crippen molar-refractivity contribution in [2.24, 2.45) is 0 Å². The molecule has 1 aromatic heterocycles. The van der Waals surface area contributed by atoms with Gasteiger partial charge in [-0.2, -0.15) is 5.26 Å². The van der Waals surface area contributed by atoms with Crippen LogP contribution in [0.1, 0.15) is 5.56 Å². The van der Waals surface area contributed by atoms with Gasteiger partial charge in [0.25, 0.3) is 0 Å². The summed E-state index contributed by atoms with van der Waals surface area (Å²) in [6, 6.07) is 7.44. The Bertz CT molecular complexity index is 829. The van der Waals surface area contributed by atoms with Crippen LogP contribution in [0, 0.1) is 11.3 Å². The molecule has 2 aromatic rings. The lowest BCUT2D eigenvalue weighted by Gasteiger charge is -2.07. The van der Waals surface area contributed by atoms with Crippen LogP contribution in [0.4, 0.5) is 0 Å². The van der Waals surface area contributed by atoms with E-state index < -0.39 is 0 Å². The van der Waals surface area contributed by atoms with Gasteiger partial charge in [-0.15, -0.1) is 6.58 Å². The molecule has 116 valence electrons. The number of rotatable bonds is 5. The lowest BCUT2D eigenvalue weighted by Crippen LogP contribution is -2.25. The van der Waals surface area contributed by atoms with E-state index in [0.717, 1.165) is 5.39 Å². The van der Waals surface area contributed by atoms with Crippen molar-refractivity contribution in [3.05, 3.63) is 36.4 Å². The Balaban J connectivity index is 1.87. The van der Waals surface area contributed by atoms with Gasteiger partial charge in [0.2, 0.25) is 12.7 Å². The van der Waals surface area contributed by atoms with E-state index in [2.05, 4.69) is 22.9 Å². The lowest BCUT2D eigenvalue weighted by atomic mass is 10.1. The summed E-state index contributed by atoms with van der Waals surface area (Å²) >= 11 is 1.23. The van der Waals surface area contributed by atoms with Crippen LogP contribution in [-0.2, 0) is 4.79 Å². The molecule has 0 aliphatic carbocycles. The Morgan fingerprint density at radius 3 is 2.96 bits per heavy atom. The average Bonchev–Trinajstić information content (AvgIpc) is 3.02. The number of nitrogens with zero attached hydrogens (tertiary/aromatic N) is 2. The van der Waals surface area contributed by atoms with Gasteiger partial charge in [0.15, 0.2) is 11.5 Å². The third kappa shape index (κ3) is 3.22. The number of aromatic nitrogens is 1. The Hall–Kier alpha value is -2.72. The quantitative estimate of drug-likeness (QED) is 0.670. The van der Waals surface area contributed by atoms with Crippen LogP contribution in [0.15, 0.2) is 35.9 Å². The van der Waals surface area contributed by atoms with E-state index in [1.165, 1.54) is 11.8 Å². The molecule has 1 aliphatic rings. The highest BCUT2D eigenvalue weighted by Crippen LogP contribution is 2.36.